The minimum absolute atomic E-state index is 0.0371. The van der Waals surface area contributed by atoms with E-state index < -0.39 is 12.1 Å². The average Bonchev–Trinajstić information content (AvgIpc) is 3.22. The van der Waals surface area contributed by atoms with E-state index in [0.717, 1.165) is 12.8 Å². The molecule has 9 heteroatoms. The van der Waals surface area contributed by atoms with Gasteiger partial charge in [-0.1, -0.05) is 5.16 Å². The van der Waals surface area contributed by atoms with Gasteiger partial charge >= 0.3 is 5.97 Å². The number of aliphatic hydroxyl groups is 1. The van der Waals surface area contributed by atoms with Crippen LogP contribution in [0.25, 0.3) is 0 Å². The fraction of sp³-hybridized carbons (Fsp3) is 0.417. The van der Waals surface area contributed by atoms with Gasteiger partial charge in [-0.25, -0.2) is 14.8 Å². The number of rotatable bonds is 6. The van der Waals surface area contributed by atoms with E-state index in [-0.39, 0.29) is 24.1 Å². The second-order valence-electron chi connectivity index (χ2n) is 4.73. The van der Waals surface area contributed by atoms with Crippen LogP contribution in [-0.2, 0) is 0 Å². The highest BCUT2D eigenvalue weighted by atomic mass is 16.5. The van der Waals surface area contributed by atoms with E-state index in [1.54, 1.807) is 0 Å². The molecule has 1 saturated carbocycles. The fourth-order valence-electron chi connectivity index (χ4n) is 1.73. The van der Waals surface area contributed by atoms with Crippen LogP contribution in [0.3, 0.4) is 0 Å². The fourth-order valence-corrected chi connectivity index (χ4v) is 1.73. The minimum Gasteiger partial charge on any atom is -0.477 e. The Morgan fingerprint density at radius 1 is 1.48 bits per heavy atom. The van der Waals surface area contributed by atoms with E-state index in [1.165, 1.54) is 12.3 Å². The predicted octanol–water partition coefficient (Wildman–Crippen LogP) is 0.581. The summed E-state index contributed by atoms with van der Waals surface area (Å²) >= 11 is 0. The van der Waals surface area contributed by atoms with Gasteiger partial charge in [-0.2, -0.15) is 4.98 Å². The maximum Gasteiger partial charge on any atom is 0.354 e. The van der Waals surface area contributed by atoms with Crippen molar-refractivity contribution < 1.29 is 19.5 Å². The number of nitrogens with zero attached hydrogens (tertiary/aromatic N) is 4. The summed E-state index contributed by atoms with van der Waals surface area (Å²) in [5.41, 5.74) is -0.129. The zero-order valence-electron chi connectivity index (χ0n) is 10.9. The first-order valence-electron chi connectivity index (χ1n) is 6.45. The average molecular weight is 291 g/mol. The van der Waals surface area contributed by atoms with Crippen molar-refractivity contribution in [2.45, 2.75) is 24.9 Å². The molecule has 1 unspecified atom stereocenters. The van der Waals surface area contributed by atoms with Crippen LogP contribution in [0.15, 0.2) is 16.8 Å². The van der Waals surface area contributed by atoms with Crippen LogP contribution < -0.4 is 5.32 Å². The molecule has 0 spiro atoms. The van der Waals surface area contributed by atoms with Crippen molar-refractivity contribution in [1.29, 1.82) is 0 Å². The first-order valence-corrected chi connectivity index (χ1v) is 6.45. The van der Waals surface area contributed by atoms with Crippen LogP contribution in [0, 0.1) is 0 Å². The molecule has 21 heavy (non-hydrogen) atoms. The van der Waals surface area contributed by atoms with E-state index in [4.69, 9.17) is 9.63 Å². The highest BCUT2D eigenvalue weighted by Crippen LogP contribution is 2.38. The van der Waals surface area contributed by atoms with E-state index in [2.05, 4.69) is 25.4 Å². The zero-order valence-corrected chi connectivity index (χ0v) is 10.9. The molecular weight excluding hydrogens is 278 g/mol. The molecule has 9 nitrogen and oxygen atoms in total. The van der Waals surface area contributed by atoms with Gasteiger partial charge in [0.05, 0.1) is 6.54 Å². The number of hydrogen-bond donors (Lipinski definition) is 3. The summed E-state index contributed by atoms with van der Waals surface area (Å²) in [4.78, 5) is 22.6. The summed E-state index contributed by atoms with van der Waals surface area (Å²) in [7, 11) is 0. The summed E-state index contributed by atoms with van der Waals surface area (Å²) in [5, 5.41) is 25.3. The van der Waals surface area contributed by atoms with Crippen molar-refractivity contribution in [1.82, 2.24) is 20.1 Å². The lowest BCUT2D eigenvalue weighted by Crippen LogP contribution is -2.15. The Morgan fingerprint density at radius 3 is 3.00 bits per heavy atom. The van der Waals surface area contributed by atoms with Crippen LogP contribution in [0.1, 0.15) is 47.1 Å². The summed E-state index contributed by atoms with van der Waals surface area (Å²) in [5.74, 6) is 0.0491. The Balaban J connectivity index is 1.60. The normalized spacial score (nSPS) is 15.7. The maximum absolute atomic E-state index is 10.8. The van der Waals surface area contributed by atoms with Gasteiger partial charge in [0, 0.05) is 12.1 Å². The van der Waals surface area contributed by atoms with E-state index in [1.807, 2.05) is 0 Å². The molecule has 110 valence electrons. The van der Waals surface area contributed by atoms with Gasteiger partial charge in [0.15, 0.2) is 11.5 Å². The molecule has 1 aliphatic rings. The predicted molar refractivity (Wildman–Crippen MR) is 68.7 cm³/mol. The molecular formula is C12H13N5O4. The Kier molecular flexibility index (Phi) is 3.48. The molecule has 1 fully saturated rings. The largest absolute Gasteiger partial charge is 0.477 e. The van der Waals surface area contributed by atoms with Crippen molar-refractivity contribution in [3.05, 3.63) is 29.7 Å². The van der Waals surface area contributed by atoms with Gasteiger partial charge in [0.2, 0.25) is 5.95 Å². The number of carbonyl (C=O) groups is 1. The van der Waals surface area contributed by atoms with Gasteiger partial charge < -0.3 is 20.1 Å². The topological polar surface area (TPSA) is 134 Å². The first kappa shape index (κ1) is 13.4. The third-order valence-corrected chi connectivity index (χ3v) is 3.01. The van der Waals surface area contributed by atoms with Crippen LogP contribution in [-0.4, -0.2) is 42.8 Å². The number of nitrogens with one attached hydrogen (secondary N) is 1. The molecule has 0 radical (unpaired) electrons. The molecule has 1 aliphatic carbocycles. The highest BCUT2D eigenvalue weighted by Gasteiger charge is 2.29. The zero-order chi connectivity index (χ0) is 14.8. The molecule has 0 aliphatic heterocycles. The van der Waals surface area contributed by atoms with Crippen molar-refractivity contribution in [3.63, 3.8) is 0 Å². The maximum atomic E-state index is 10.8. The van der Waals surface area contributed by atoms with Gasteiger partial charge in [-0.3, -0.25) is 0 Å². The number of carboxylic acids is 1. The number of aromatic carboxylic acids is 1. The molecule has 2 aromatic heterocycles. The molecule has 0 aromatic carbocycles. The quantitative estimate of drug-likeness (QED) is 0.698. The monoisotopic (exact) mass is 291 g/mol. The first-order chi connectivity index (χ1) is 10.1. The lowest BCUT2D eigenvalue weighted by molar-refractivity contribution is 0.0690. The molecule has 2 aromatic rings. The van der Waals surface area contributed by atoms with Crippen molar-refractivity contribution in [2.24, 2.45) is 0 Å². The SMILES string of the molecule is O=C(O)c1ccnc(NCC(O)c2nc(C3CC3)no2)n1. The van der Waals surface area contributed by atoms with Gasteiger partial charge in [-0.05, 0) is 18.9 Å². The number of anilines is 1. The van der Waals surface area contributed by atoms with Crippen LogP contribution in [0.2, 0.25) is 0 Å². The minimum atomic E-state index is -1.15. The molecule has 3 N–H and O–H groups in total. The van der Waals surface area contributed by atoms with Gasteiger partial charge in [-0.15, -0.1) is 0 Å². The second kappa shape index (κ2) is 5.44. The lowest BCUT2D eigenvalue weighted by Gasteiger charge is -2.07. The number of carboxylic acid groups (broad SMARTS) is 1. The summed E-state index contributed by atoms with van der Waals surface area (Å²) < 4.78 is 4.99. The third kappa shape index (κ3) is 3.14. The Bertz CT molecular complexity index is 655. The summed E-state index contributed by atoms with van der Waals surface area (Å²) in [6.45, 7) is 0.0371. The molecule has 3 rings (SSSR count). The smallest absolute Gasteiger partial charge is 0.354 e. The summed E-state index contributed by atoms with van der Waals surface area (Å²) in [6, 6.07) is 1.28. The second-order valence-corrected chi connectivity index (χ2v) is 4.73. The Hall–Kier alpha value is -2.55. The third-order valence-electron chi connectivity index (χ3n) is 3.01. The highest BCUT2D eigenvalue weighted by molar-refractivity contribution is 5.85. The molecule has 0 amide bonds. The lowest BCUT2D eigenvalue weighted by atomic mass is 10.3. The number of aliphatic hydroxyl groups excluding tert-OH is 1. The van der Waals surface area contributed by atoms with Crippen LogP contribution in [0.5, 0.6) is 0 Å². The Morgan fingerprint density at radius 2 is 2.29 bits per heavy atom. The number of aromatic nitrogens is 4. The van der Waals surface area contributed by atoms with Crippen molar-refractivity contribution in [3.8, 4) is 0 Å². The van der Waals surface area contributed by atoms with Crippen LogP contribution in [0.4, 0.5) is 5.95 Å². The van der Waals surface area contributed by atoms with E-state index >= 15 is 0 Å². The molecule has 0 saturated heterocycles. The van der Waals surface area contributed by atoms with Gasteiger partial charge in [0.1, 0.15) is 6.10 Å². The van der Waals surface area contributed by atoms with Crippen molar-refractivity contribution >= 4 is 11.9 Å². The summed E-state index contributed by atoms with van der Waals surface area (Å²) in [6.07, 6.45) is 2.40. The standard InChI is InChI=1S/C12H13N5O4/c18-8(10-16-9(17-21-10)6-1-2-6)5-14-12-13-4-3-7(15-12)11(19)20/h3-4,6,8,18H,1-2,5H2,(H,19,20)(H,13,14,15). The van der Waals surface area contributed by atoms with Crippen LogP contribution >= 0.6 is 0 Å². The van der Waals surface area contributed by atoms with E-state index in [9.17, 15) is 9.90 Å². The molecule has 1 atom stereocenters. The molecule has 2 heterocycles. The number of hydrogen-bond acceptors (Lipinski definition) is 8. The van der Waals surface area contributed by atoms with E-state index in [0.29, 0.717) is 11.7 Å². The Labute approximate surface area is 119 Å². The van der Waals surface area contributed by atoms with Gasteiger partial charge in [0.25, 0.3) is 5.89 Å². The molecule has 0 bridgehead atoms. The van der Waals surface area contributed by atoms with Crippen molar-refractivity contribution in [2.75, 3.05) is 11.9 Å².